The van der Waals surface area contributed by atoms with Gasteiger partial charge in [0, 0.05) is 26.2 Å². The average Bonchev–Trinajstić information content (AvgIpc) is 3.21. The fourth-order valence-corrected chi connectivity index (χ4v) is 3.32. The van der Waals surface area contributed by atoms with Crippen LogP contribution < -0.4 is 19.9 Å². The van der Waals surface area contributed by atoms with Crippen LogP contribution in [0.15, 0.2) is 47.2 Å². The van der Waals surface area contributed by atoms with E-state index in [0.717, 1.165) is 5.69 Å². The highest BCUT2D eigenvalue weighted by Gasteiger charge is 2.30. The summed E-state index contributed by atoms with van der Waals surface area (Å²) < 4.78 is 11.0. The summed E-state index contributed by atoms with van der Waals surface area (Å²) in [5, 5.41) is 12.4. The van der Waals surface area contributed by atoms with Crippen LogP contribution in [0.2, 0.25) is 0 Å². The van der Waals surface area contributed by atoms with E-state index in [1.807, 2.05) is 24.9 Å². The minimum Gasteiger partial charge on any atom is -0.492 e. The van der Waals surface area contributed by atoms with E-state index >= 15 is 0 Å². The fourth-order valence-electron chi connectivity index (χ4n) is 3.32. The summed E-state index contributed by atoms with van der Waals surface area (Å²) in [6.07, 6.45) is 3.08. The van der Waals surface area contributed by atoms with Gasteiger partial charge in [-0.05, 0) is 25.1 Å². The van der Waals surface area contributed by atoms with Crippen molar-refractivity contribution in [3.8, 4) is 5.75 Å². The number of aromatic carboxylic acids is 1. The molecule has 30 heavy (non-hydrogen) atoms. The number of carbonyl (C=O) groups excluding carboxylic acids is 1. The van der Waals surface area contributed by atoms with Gasteiger partial charge in [0.25, 0.3) is 5.91 Å². The second-order valence-corrected chi connectivity index (χ2v) is 6.69. The third-order valence-corrected chi connectivity index (χ3v) is 4.88. The van der Waals surface area contributed by atoms with Crippen LogP contribution in [0.4, 0.5) is 28.6 Å². The Balaban J connectivity index is 1.73. The van der Waals surface area contributed by atoms with Crippen molar-refractivity contribution < 1.29 is 23.8 Å². The van der Waals surface area contributed by atoms with E-state index in [9.17, 15) is 14.7 Å². The van der Waals surface area contributed by atoms with E-state index in [4.69, 9.17) is 9.15 Å². The maximum Gasteiger partial charge on any atom is 0.335 e. The largest absolute Gasteiger partial charge is 0.492 e. The Labute approximate surface area is 172 Å². The maximum absolute atomic E-state index is 12.7. The highest BCUT2D eigenvalue weighted by Crippen LogP contribution is 2.41. The number of pyridine rings is 1. The number of hydrogen-bond acceptors (Lipinski definition) is 7. The lowest BCUT2D eigenvalue weighted by Crippen LogP contribution is -2.25. The molecule has 9 heteroatoms. The van der Waals surface area contributed by atoms with E-state index < -0.39 is 5.97 Å². The van der Waals surface area contributed by atoms with Crippen LogP contribution in [0.25, 0.3) is 0 Å². The first-order valence-corrected chi connectivity index (χ1v) is 9.27. The molecular weight excluding hydrogens is 388 g/mol. The summed E-state index contributed by atoms with van der Waals surface area (Å²) in [7, 11) is 3.51. The summed E-state index contributed by atoms with van der Waals surface area (Å²) in [6.45, 7) is 2.20. The number of amides is 1. The van der Waals surface area contributed by atoms with Crippen molar-refractivity contribution in [1.82, 2.24) is 4.98 Å². The smallest absolute Gasteiger partial charge is 0.335 e. The number of hydrogen-bond donors (Lipinski definition) is 2. The van der Waals surface area contributed by atoms with Crippen LogP contribution in [0, 0.1) is 0 Å². The number of aromatic nitrogens is 1. The number of ether oxygens (including phenoxy) is 1. The highest BCUT2D eigenvalue weighted by molar-refractivity contribution is 6.11. The molecule has 1 aliphatic rings. The van der Waals surface area contributed by atoms with Crippen molar-refractivity contribution in [3.05, 3.63) is 54.1 Å². The molecule has 1 aliphatic heterocycles. The third-order valence-electron chi connectivity index (χ3n) is 4.88. The minimum atomic E-state index is -1.03. The van der Waals surface area contributed by atoms with Crippen molar-refractivity contribution in [2.75, 3.05) is 35.8 Å². The van der Waals surface area contributed by atoms with Gasteiger partial charge in [-0.15, -0.1) is 0 Å². The molecule has 4 rings (SSSR count). The number of anilines is 5. The topological polar surface area (TPSA) is 108 Å². The van der Waals surface area contributed by atoms with E-state index in [2.05, 4.69) is 10.3 Å². The van der Waals surface area contributed by atoms with E-state index in [0.29, 0.717) is 35.2 Å². The second-order valence-electron chi connectivity index (χ2n) is 6.69. The van der Waals surface area contributed by atoms with Crippen molar-refractivity contribution in [3.63, 3.8) is 0 Å². The molecule has 3 heterocycles. The predicted octanol–water partition coefficient (Wildman–Crippen LogP) is 3.87. The molecule has 3 aromatic rings. The molecule has 0 aliphatic carbocycles. The lowest BCUT2D eigenvalue weighted by molar-refractivity contribution is 0.0696. The molecule has 0 fully saturated rings. The second kappa shape index (κ2) is 7.43. The lowest BCUT2D eigenvalue weighted by atomic mass is 10.2. The Hall–Kier alpha value is -4.01. The zero-order valence-electron chi connectivity index (χ0n) is 16.7. The molecule has 0 saturated heterocycles. The Kier molecular flexibility index (Phi) is 4.78. The van der Waals surface area contributed by atoms with Crippen molar-refractivity contribution in [2.24, 2.45) is 0 Å². The van der Waals surface area contributed by atoms with Crippen LogP contribution in [0.5, 0.6) is 5.75 Å². The van der Waals surface area contributed by atoms with E-state index in [-0.39, 0.29) is 17.2 Å². The summed E-state index contributed by atoms with van der Waals surface area (Å²) in [5.41, 5.74) is 2.75. The quantitative estimate of drug-likeness (QED) is 0.655. The number of carbonyl (C=O) groups is 2. The van der Waals surface area contributed by atoms with Gasteiger partial charge >= 0.3 is 5.97 Å². The van der Waals surface area contributed by atoms with Gasteiger partial charge in [-0.1, -0.05) is 0 Å². The zero-order valence-corrected chi connectivity index (χ0v) is 16.7. The van der Waals surface area contributed by atoms with Crippen LogP contribution >= 0.6 is 0 Å². The van der Waals surface area contributed by atoms with E-state index in [1.54, 1.807) is 25.4 Å². The summed E-state index contributed by atoms with van der Waals surface area (Å²) in [5.74, 6) is -0.111. The van der Waals surface area contributed by atoms with Gasteiger partial charge in [0.15, 0.2) is 0 Å². The summed E-state index contributed by atoms with van der Waals surface area (Å²) in [4.78, 5) is 31.7. The summed E-state index contributed by atoms with van der Waals surface area (Å²) in [6, 6.07) is 8.14. The molecule has 1 amide bonds. The molecule has 0 radical (unpaired) electrons. The Morgan fingerprint density at radius 2 is 1.97 bits per heavy atom. The van der Waals surface area contributed by atoms with Gasteiger partial charge in [-0.2, -0.15) is 0 Å². The standard InChI is InChI=1S/C21H20N4O5/c1-4-29-17-9-12(21(27)28)5-6-13(17)23-18-10-15-16(11-22-18)25(3)20(26)19-14(24(15)2)7-8-30-19/h5-11H,4H2,1-3H3,(H,22,23)(H,27,28). The third kappa shape index (κ3) is 3.20. The number of rotatable bonds is 5. The number of carboxylic acid groups (broad SMARTS) is 1. The molecule has 0 spiro atoms. The van der Waals surface area contributed by atoms with Crippen molar-refractivity contribution >= 4 is 40.4 Å². The molecule has 1 aromatic carbocycles. The molecule has 0 saturated carbocycles. The number of fused-ring (bicyclic) bond motifs is 2. The number of benzene rings is 1. The lowest BCUT2D eigenvalue weighted by Gasteiger charge is -2.22. The Bertz CT molecular complexity index is 1140. The van der Waals surface area contributed by atoms with Crippen molar-refractivity contribution in [1.29, 1.82) is 0 Å². The maximum atomic E-state index is 12.7. The highest BCUT2D eigenvalue weighted by atomic mass is 16.5. The van der Waals surface area contributed by atoms with Crippen LogP contribution in [-0.4, -0.2) is 42.7 Å². The fraction of sp³-hybridized carbons (Fsp3) is 0.190. The van der Waals surface area contributed by atoms with Gasteiger partial charge in [-0.25, -0.2) is 9.78 Å². The molecular formula is C21H20N4O5. The van der Waals surface area contributed by atoms with Crippen LogP contribution in [0.1, 0.15) is 27.8 Å². The first-order chi connectivity index (χ1) is 14.4. The summed E-state index contributed by atoms with van der Waals surface area (Å²) >= 11 is 0. The zero-order chi connectivity index (χ0) is 21.4. The first-order valence-electron chi connectivity index (χ1n) is 9.27. The van der Waals surface area contributed by atoms with Crippen LogP contribution in [0.3, 0.4) is 0 Å². The molecule has 154 valence electrons. The molecule has 2 aromatic heterocycles. The molecule has 2 N–H and O–H groups in total. The minimum absolute atomic E-state index is 0.131. The number of nitrogens with one attached hydrogen (secondary N) is 1. The monoisotopic (exact) mass is 408 g/mol. The SMILES string of the molecule is CCOc1cc(C(=O)O)ccc1Nc1cc2c(cn1)N(C)C(=O)c1occc1N2C. The van der Waals surface area contributed by atoms with E-state index in [1.165, 1.54) is 23.3 Å². The normalized spacial score (nSPS) is 12.8. The van der Waals surface area contributed by atoms with Gasteiger partial charge in [0.05, 0.1) is 47.4 Å². The van der Waals surface area contributed by atoms with Gasteiger partial charge < -0.3 is 29.4 Å². The van der Waals surface area contributed by atoms with Crippen molar-refractivity contribution in [2.45, 2.75) is 6.92 Å². The first kappa shape index (κ1) is 19.3. The van der Waals surface area contributed by atoms with Gasteiger partial charge in [0.2, 0.25) is 5.76 Å². The number of nitrogens with zero attached hydrogens (tertiary/aromatic N) is 3. The molecule has 9 nitrogen and oxygen atoms in total. The Morgan fingerprint density at radius 1 is 1.17 bits per heavy atom. The van der Waals surface area contributed by atoms with Gasteiger partial charge in [-0.3, -0.25) is 4.79 Å². The Morgan fingerprint density at radius 3 is 2.70 bits per heavy atom. The number of carboxylic acids is 1. The molecule has 0 bridgehead atoms. The number of furan rings is 1. The predicted molar refractivity (Wildman–Crippen MR) is 112 cm³/mol. The molecule has 0 atom stereocenters. The van der Waals surface area contributed by atoms with Gasteiger partial charge in [0.1, 0.15) is 11.6 Å². The molecule has 0 unspecified atom stereocenters. The average molecular weight is 408 g/mol. The van der Waals surface area contributed by atoms with Crippen LogP contribution in [-0.2, 0) is 0 Å².